The monoisotopic (exact) mass is 325 g/mol. The Hall–Kier alpha value is -1.91. The van der Waals surface area contributed by atoms with E-state index in [1.54, 1.807) is 36.4 Å². The quantitative estimate of drug-likeness (QED) is 0.856. The van der Waals surface area contributed by atoms with Crippen LogP contribution in [-0.2, 0) is 11.2 Å². The average Bonchev–Trinajstić information content (AvgIpc) is 2.44. The van der Waals surface area contributed by atoms with E-state index in [0.717, 1.165) is 0 Å². The van der Waals surface area contributed by atoms with Crippen LogP contribution < -0.4 is 10.1 Å². The number of hydrogen-bond acceptors (Lipinski definition) is 3. The number of anilines is 2. The predicted molar refractivity (Wildman–Crippen MR) is 84.1 cm³/mol. The summed E-state index contributed by atoms with van der Waals surface area (Å²) in [6, 6.07) is 10.4. The number of hydrogen-bond donors (Lipinski definition) is 2. The summed E-state index contributed by atoms with van der Waals surface area (Å²) in [5, 5.41) is 13.0. The molecule has 0 saturated heterocycles. The second kappa shape index (κ2) is 6.70. The van der Waals surface area contributed by atoms with E-state index in [1.807, 2.05) is 0 Å². The molecule has 0 heterocycles. The molecule has 0 amide bonds. The molecule has 0 aliphatic heterocycles. The molecule has 0 spiro atoms. The van der Waals surface area contributed by atoms with Crippen LogP contribution in [0.3, 0.4) is 0 Å². The minimum atomic E-state index is -0.951. The van der Waals surface area contributed by atoms with Gasteiger partial charge in [-0.15, -0.1) is 0 Å². The van der Waals surface area contributed by atoms with Gasteiger partial charge in [0.05, 0.1) is 29.3 Å². The zero-order valence-corrected chi connectivity index (χ0v) is 12.7. The number of nitrogens with one attached hydrogen (secondary N) is 1. The molecule has 0 aliphatic rings. The Balaban J connectivity index is 2.46. The first kappa shape index (κ1) is 15.5. The van der Waals surface area contributed by atoms with Crippen molar-refractivity contribution in [3.05, 3.63) is 52.0 Å². The van der Waals surface area contributed by atoms with Gasteiger partial charge in [0, 0.05) is 11.3 Å². The van der Waals surface area contributed by atoms with E-state index in [2.05, 4.69) is 5.32 Å². The number of ether oxygens (including phenoxy) is 1. The van der Waals surface area contributed by atoms with E-state index in [0.29, 0.717) is 32.7 Å². The normalized spacial score (nSPS) is 10.2. The van der Waals surface area contributed by atoms with Crippen LogP contribution in [0.25, 0.3) is 0 Å². The van der Waals surface area contributed by atoms with Crippen molar-refractivity contribution in [2.24, 2.45) is 0 Å². The van der Waals surface area contributed by atoms with Crippen LogP contribution in [0.5, 0.6) is 5.75 Å². The van der Waals surface area contributed by atoms with Crippen molar-refractivity contribution in [2.75, 3.05) is 12.4 Å². The highest BCUT2D eigenvalue weighted by Crippen LogP contribution is 2.35. The molecule has 2 N–H and O–H groups in total. The van der Waals surface area contributed by atoms with Crippen LogP contribution in [0, 0.1) is 0 Å². The molecular formula is C15H13Cl2NO3. The van der Waals surface area contributed by atoms with Crippen molar-refractivity contribution in [1.29, 1.82) is 0 Å². The van der Waals surface area contributed by atoms with Gasteiger partial charge in [-0.2, -0.15) is 0 Å². The largest absolute Gasteiger partial charge is 0.496 e. The molecule has 21 heavy (non-hydrogen) atoms. The first-order valence-corrected chi connectivity index (χ1v) is 6.87. The highest BCUT2D eigenvalue weighted by molar-refractivity contribution is 6.39. The van der Waals surface area contributed by atoms with Gasteiger partial charge < -0.3 is 15.2 Å². The third kappa shape index (κ3) is 3.60. The van der Waals surface area contributed by atoms with Crippen LogP contribution in [0.15, 0.2) is 36.4 Å². The molecule has 0 aliphatic carbocycles. The van der Waals surface area contributed by atoms with Crippen molar-refractivity contribution >= 4 is 40.5 Å². The minimum absolute atomic E-state index is 0.172. The molecule has 0 atom stereocenters. The van der Waals surface area contributed by atoms with E-state index in [-0.39, 0.29) is 6.42 Å². The Bertz CT molecular complexity index is 654. The summed E-state index contributed by atoms with van der Waals surface area (Å²) in [7, 11) is 1.49. The van der Waals surface area contributed by atoms with Crippen molar-refractivity contribution in [2.45, 2.75) is 6.42 Å². The second-order valence-corrected chi connectivity index (χ2v) is 5.09. The molecule has 0 bridgehead atoms. The fourth-order valence-electron chi connectivity index (χ4n) is 1.96. The zero-order chi connectivity index (χ0) is 15.4. The predicted octanol–water partition coefficient (Wildman–Crippen LogP) is 4.37. The van der Waals surface area contributed by atoms with Gasteiger partial charge in [-0.1, -0.05) is 35.3 Å². The van der Waals surface area contributed by atoms with Crippen LogP contribution in [0.1, 0.15) is 5.56 Å². The Morgan fingerprint density at radius 3 is 2.38 bits per heavy atom. The molecule has 6 heteroatoms. The van der Waals surface area contributed by atoms with Gasteiger partial charge in [0.1, 0.15) is 5.75 Å². The van der Waals surface area contributed by atoms with Gasteiger partial charge >= 0.3 is 5.97 Å². The fourth-order valence-corrected chi connectivity index (χ4v) is 2.45. The lowest BCUT2D eigenvalue weighted by Gasteiger charge is -2.16. The maximum absolute atomic E-state index is 11.0. The van der Waals surface area contributed by atoms with Crippen LogP contribution >= 0.6 is 23.2 Å². The van der Waals surface area contributed by atoms with Gasteiger partial charge in [0.15, 0.2) is 0 Å². The molecule has 0 radical (unpaired) electrons. The Morgan fingerprint density at radius 1 is 1.19 bits per heavy atom. The molecule has 0 fully saturated rings. The summed E-state index contributed by atoms with van der Waals surface area (Å²) < 4.78 is 5.22. The SMILES string of the molecule is COc1cccc(Nc2c(Cl)cccc2Cl)c1CC(=O)O. The summed E-state index contributed by atoms with van der Waals surface area (Å²) in [6.45, 7) is 0. The molecule has 2 aromatic rings. The number of carboxylic acids is 1. The Kier molecular flexibility index (Phi) is 4.94. The van der Waals surface area contributed by atoms with Crippen LogP contribution in [0.4, 0.5) is 11.4 Å². The Morgan fingerprint density at radius 2 is 1.81 bits per heavy atom. The third-order valence-corrected chi connectivity index (χ3v) is 3.53. The molecular weight excluding hydrogens is 313 g/mol. The van der Waals surface area contributed by atoms with Crippen LogP contribution in [0.2, 0.25) is 10.0 Å². The number of halogens is 2. The maximum Gasteiger partial charge on any atom is 0.308 e. The summed E-state index contributed by atoms with van der Waals surface area (Å²) in [5.41, 5.74) is 1.65. The molecule has 2 aromatic carbocycles. The van der Waals surface area contributed by atoms with E-state index in [9.17, 15) is 4.79 Å². The van der Waals surface area contributed by atoms with Gasteiger partial charge in [0.2, 0.25) is 0 Å². The molecule has 2 rings (SSSR count). The standard InChI is InChI=1S/C15H13Cl2NO3/c1-21-13-7-3-6-12(9(13)8-14(19)20)18-15-10(16)4-2-5-11(15)17/h2-7,18H,8H2,1H3,(H,19,20). The maximum atomic E-state index is 11.0. The fraction of sp³-hybridized carbons (Fsp3) is 0.133. The number of methoxy groups -OCH3 is 1. The molecule has 4 nitrogen and oxygen atoms in total. The summed E-state index contributed by atoms with van der Waals surface area (Å²) in [5.74, 6) is -0.460. The second-order valence-electron chi connectivity index (χ2n) is 4.28. The summed E-state index contributed by atoms with van der Waals surface area (Å²) in [4.78, 5) is 11.0. The average molecular weight is 326 g/mol. The van der Waals surface area contributed by atoms with Crippen molar-refractivity contribution < 1.29 is 14.6 Å². The van der Waals surface area contributed by atoms with Gasteiger partial charge in [-0.25, -0.2) is 0 Å². The molecule has 0 aromatic heterocycles. The molecule has 0 unspecified atom stereocenters. The van der Waals surface area contributed by atoms with Gasteiger partial charge in [0.25, 0.3) is 0 Å². The van der Waals surface area contributed by atoms with E-state index >= 15 is 0 Å². The number of benzene rings is 2. The topological polar surface area (TPSA) is 58.6 Å². The highest BCUT2D eigenvalue weighted by atomic mass is 35.5. The van der Waals surface area contributed by atoms with Crippen molar-refractivity contribution in [3.63, 3.8) is 0 Å². The number of carboxylic acid groups (broad SMARTS) is 1. The smallest absolute Gasteiger partial charge is 0.308 e. The molecule has 110 valence electrons. The number of rotatable bonds is 5. The lowest BCUT2D eigenvalue weighted by atomic mass is 10.1. The van der Waals surface area contributed by atoms with Crippen molar-refractivity contribution in [3.8, 4) is 5.75 Å². The number of carbonyl (C=O) groups is 1. The lowest BCUT2D eigenvalue weighted by molar-refractivity contribution is -0.136. The first-order chi connectivity index (χ1) is 10.0. The summed E-state index contributed by atoms with van der Waals surface area (Å²) in [6.07, 6.45) is -0.172. The lowest BCUT2D eigenvalue weighted by Crippen LogP contribution is -2.06. The van der Waals surface area contributed by atoms with E-state index < -0.39 is 5.97 Å². The zero-order valence-electron chi connectivity index (χ0n) is 11.2. The molecule has 0 saturated carbocycles. The van der Waals surface area contributed by atoms with Gasteiger partial charge in [-0.3, -0.25) is 4.79 Å². The summed E-state index contributed by atoms with van der Waals surface area (Å²) >= 11 is 12.2. The van der Waals surface area contributed by atoms with E-state index in [4.69, 9.17) is 33.0 Å². The highest BCUT2D eigenvalue weighted by Gasteiger charge is 2.15. The number of aliphatic carboxylic acids is 1. The van der Waals surface area contributed by atoms with Crippen molar-refractivity contribution in [1.82, 2.24) is 0 Å². The van der Waals surface area contributed by atoms with Gasteiger partial charge in [-0.05, 0) is 24.3 Å². The van der Waals surface area contributed by atoms with Crippen LogP contribution in [-0.4, -0.2) is 18.2 Å². The third-order valence-electron chi connectivity index (χ3n) is 2.90. The van der Waals surface area contributed by atoms with E-state index in [1.165, 1.54) is 7.11 Å². The Labute approximate surface area is 132 Å². The number of para-hydroxylation sites is 1. The first-order valence-electron chi connectivity index (χ1n) is 6.11. The minimum Gasteiger partial charge on any atom is -0.496 e.